The van der Waals surface area contributed by atoms with Crippen molar-refractivity contribution in [3.05, 3.63) is 82.4 Å². The van der Waals surface area contributed by atoms with E-state index in [1.54, 1.807) is 18.2 Å². The maximum absolute atomic E-state index is 13.3. The van der Waals surface area contributed by atoms with E-state index in [4.69, 9.17) is 25.8 Å². The Balaban J connectivity index is 1.50. The van der Waals surface area contributed by atoms with Gasteiger partial charge in [-0.2, -0.15) is 0 Å². The van der Waals surface area contributed by atoms with Gasteiger partial charge < -0.3 is 19.5 Å². The summed E-state index contributed by atoms with van der Waals surface area (Å²) in [6.45, 7) is 4.02. The number of halogens is 1. The lowest BCUT2D eigenvalue weighted by Crippen LogP contribution is -2.54. The second-order valence-corrected chi connectivity index (χ2v) is 9.39. The van der Waals surface area contributed by atoms with E-state index in [1.165, 1.54) is 37.5 Å². The van der Waals surface area contributed by atoms with Crippen molar-refractivity contribution in [1.82, 2.24) is 5.32 Å². The van der Waals surface area contributed by atoms with Crippen molar-refractivity contribution in [1.29, 1.82) is 0 Å². The number of carbonyl (C=O) groups is 4. The Morgan fingerprint density at radius 1 is 1.00 bits per heavy atom. The zero-order valence-corrected chi connectivity index (χ0v) is 23.4. The first-order valence-corrected chi connectivity index (χ1v) is 13.1. The maximum Gasteiger partial charge on any atom is 0.335 e. The summed E-state index contributed by atoms with van der Waals surface area (Å²) in [6.07, 6.45) is 2.10. The van der Waals surface area contributed by atoms with E-state index < -0.39 is 17.8 Å². The molecule has 1 aliphatic heterocycles. The molecule has 11 heteroatoms. The lowest BCUT2D eigenvalue weighted by Gasteiger charge is -2.27. The van der Waals surface area contributed by atoms with Gasteiger partial charge in [-0.05, 0) is 60.9 Å². The minimum absolute atomic E-state index is 0.159. The Kier molecular flexibility index (Phi) is 9.26. The third-order valence-electron chi connectivity index (χ3n) is 6.01. The molecule has 0 radical (unpaired) electrons. The normalized spacial score (nSPS) is 14.1. The molecule has 0 spiro atoms. The molecule has 0 saturated carbocycles. The van der Waals surface area contributed by atoms with Gasteiger partial charge in [0.25, 0.3) is 17.7 Å². The number of barbiturate groups is 1. The molecule has 1 saturated heterocycles. The van der Waals surface area contributed by atoms with Crippen LogP contribution in [-0.2, 0) is 14.4 Å². The summed E-state index contributed by atoms with van der Waals surface area (Å²) in [7, 11) is 1.44. The molecule has 2 N–H and O–H groups in total. The fraction of sp³-hybridized carbons (Fsp3) is 0.200. The van der Waals surface area contributed by atoms with E-state index >= 15 is 0 Å². The van der Waals surface area contributed by atoms with Crippen molar-refractivity contribution in [2.45, 2.75) is 20.3 Å². The Morgan fingerprint density at radius 2 is 1.76 bits per heavy atom. The van der Waals surface area contributed by atoms with Crippen LogP contribution in [0.3, 0.4) is 0 Å². The summed E-state index contributed by atoms with van der Waals surface area (Å²) in [4.78, 5) is 51.7. The van der Waals surface area contributed by atoms with Gasteiger partial charge in [0.05, 0.1) is 24.4 Å². The minimum atomic E-state index is -0.896. The topological polar surface area (TPSA) is 123 Å². The molecule has 3 aromatic rings. The first-order chi connectivity index (χ1) is 19.7. The highest BCUT2D eigenvalue weighted by Gasteiger charge is 2.37. The monoisotopic (exact) mass is 577 g/mol. The second kappa shape index (κ2) is 13.0. The third-order valence-corrected chi connectivity index (χ3v) is 6.31. The Morgan fingerprint density at radius 3 is 2.46 bits per heavy atom. The molecule has 3 aromatic carbocycles. The molecule has 212 valence electrons. The van der Waals surface area contributed by atoms with Gasteiger partial charge in [0.15, 0.2) is 18.1 Å². The number of rotatable bonds is 10. The highest BCUT2D eigenvalue weighted by atomic mass is 35.5. The fourth-order valence-corrected chi connectivity index (χ4v) is 4.20. The van der Waals surface area contributed by atoms with Gasteiger partial charge in [-0.15, -0.1) is 0 Å². The smallest absolute Gasteiger partial charge is 0.335 e. The van der Waals surface area contributed by atoms with Crippen molar-refractivity contribution < 1.29 is 33.4 Å². The Labute approximate surface area is 241 Å². The first kappa shape index (κ1) is 29.2. The van der Waals surface area contributed by atoms with E-state index in [0.717, 1.165) is 16.9 Å². The van der Waals surface area contributed by atoms with Gasteiger partial charge in [0, 0.05) is 11.8 Å². The SMILES string of the molecule is CCCOc1ccc(N2C(=O)NC(=O)/C(=C/c3ccc(OCC(=O)Nc4ccccc4C)c(Cl)c3)C2=O)cc1OC. The summed E-state index contributed by atoms with van der Waals surface area (Å²) >= 11 is 6.36. The molecule has 10 nitrogen and oxygen atoms in total. The molecule has 0 unspecified atom stereocenters. The zero-order chi connectivity index (χ0) is 29.5. The predicted molar refractivity (Wildman–Crippen MR) is 155 cm³/mol. The van der Waals surface area contributed by atoms with Gasteiger partial charge in [0.2, 0.25) is 0 Å². The first-order valence-electron chi connectivity index (χ1n) is 12.7. The van der Waals surface area contributed by atoms with Crippen LogP contribution in [-0.4, -0.2) is 44.1 Å². The van der Waals surface area contributed by atoms with Gasteiger partial charge in [-0.1, -0.05) is 42.8 Å². The van der Waals surface area contributed by atoms with Crippen LogP contribution < -0.4 is 29.7 Å². The van der Waals surface area contributed by atoms with Crippen molar-refractivity contribution in [2.75, 3.05) is 30.5 Å². The summed E-state index contributed by atoms with van der Waals surface area (Å²) in [5.74, 6) is -1.02. The van der Waals surface area contributed by atoms with Gasteiger partial charge >= 0.3 is 6.03 Å². The van der Waals surface area contributed by atoms with Crippen LogP contribution in [0, 0.1) is 6.92 Å². The van der Waals surface area contributed by atoms with Crippen LogP contribution >= 0.6 is 11.6 Å². The molecule has 1 fully saturated rings. The number of benzene rings is 3. The molecule has 41 heavy (non-hydrogen) atoms. The molecule has 5 amide bonds. The third kappa shape index (κ3) is 6.85. The number of aryl methyl sites for hydroxylation is 1. The lowest BCUT2D eigenvalue weighted by molar-refractivity contribution is -0.122. The van der Waals surface area contributed by atoms with Gasteiger partial charge in [0.1, 0.15) is 11.3 Å². The number of urea groups is 1. The van der Waals surface area contributed by atoms with Crippen molar-refractivity contribution in [2.24, 2.45) is 0 Å². The van der Waals surface area contributed by atoms with Crippen molar-refractivity contribution in [3.8, 4) is 17.2 Å². The molecule has 0 atom stereocenters. The molecule has 1 heterocycles. The number of anilines is 2. The number of imide groups is 2. The molecular formula is C30H28ClN3O7. The number of ether oxygens (including phenoxy) is 3. The van der Waals surface area contributed by atoms with Crippen molar-refractivity contribution >= 4 is 52.8 Å². The number of hydrogen-bond donors (Lipinski definition) is 2. The van der Waals surface area contributed by atoms with Crippen LogP contribution in [0.25, 0.3) is 6.08 Å². The average molecular weight is 578 g/mol. The summed E-state index contributed by atoms with van der Waals surface area (Å²) < 4.78 is 16.5. The number of methoxy groups -OCH3 is 1. The van der Waals surface area contributed by atoms with Crippen LogP contribution in [0.2, 0.25) is 5.02 Å². The van der Waals surface area contributed by atoms with E-state index in [1.807, 2.05) is 32.0 Å². The standard InChI is InChI=1S/C30H28ClN3O7/c1-4-13-40-25-12-10-20(16-26(25)39-3)34-29(37)21(28(36)33-30(34)38)14-19-9-11-24(22(31)15-19)41-17-27(35)32-23-8-6-5-7-18(23)2/h5-12,14-16H,4,13,17H2,1-3H3,(H,32,35)(H,33,36,38)/b21-14-. The van der Waals surface area contributed by atoms with Gasteiger partial charge in [-0.3, -0.25) is 19.7 Å². The molecule has 0 aromatic heterocycles. The number of para-hydroxylation sites is 1. The maximum atomic E-state index is 13.3. The summed E-state index contributed by atoms with van der Waals surface area (Å²) in [5, 5.41) is 5.11. The van der Waals surface area contributed by atoms with E-state index in [9.17, 15) is 19.2 Å². The number of amides is 5. The summed E-state index contributed by atoms with van der Waals surface area (Å²) in [6, 6.07) is 15.6. The molecule has 0 bridgehead atoms. The second-order valence-electron chi connectivity index (χ2n) is 8.98. The minimum Gasteiger partial charge on any atom is -0.493 e. The Bertz CT molecular complexity index is 1540. The lowest BCUT2D eigenvalue weighted by atomic mass is 10.1. The Hall–Kier alpha value is -4.83. The number of nitrogens with one attached hydrogen (secondary N) is 2. The highest BCUT2D eigenvalue weighted by Crippen LogP contribution is 2.34. The fourth-order valence-electron chi connectivity index (χ4n) is 3.95. The zero-order valence-electron chi connectivity index (χ0n) is 22.7. The van der Waals surface area contributed by atoms with Gasteiger partial charge in [-0.25, -0.2) is 9.69 Å². The van der Waals surface area contributed by atoms with Crippen LogP contribution in [0.15, 0.2) is 66.2 Å². The van der Waals surface area contributed by atoms with E-state index in [2.05, 4.69) is 10.6 Å². The molecular weight excluding hydrogens is 550 g/mol. The average Bonchev–Trinajstić information content (AvgIpc) is 2.95. The molecule has 1 aliphatic rings. The number of carbonyl (C=O) groups excluding carboxylic acids is 4. The number of hydrogen-bond acceptors (Lipinski definition) is 7. The summed E-state index contributed by atoms with van der Waals surface area (Å²) in [5.41, 5.74) is 1.90. The van der Waals surface area contributed by atoms with Crippen molar-refractivity contribution in [3.63, 3.8) is 0 Å². The highest BCUT2D eigenvalue weighted by molar-refractivity contribution is 6.39. The van der Waals surface area contributed by atoms with Crippen LogP contribution in [0.5, 0.6) is 17.2 Å². The van der Waals surface area contributed by atoms with Crippen LogP contribution in [0.1, 0.15) is 24.5 Å². The predicted octanol–water partition coefficient (Wildman–Crippen LogP) is 5.13. The number of nitrogens with zero attached hydrogens (tertiary/aromatic N) is 1. The largest absolute Gasteiger partial charge is 0.493 e. The van der Waals surface area contributed by atoms with E-state index in [-0.39, 0.29) is 34.5 Å². The molecule has 0 aliphatic carbocycles. The quantitative estimate of drug-likeness (QED) is 0.253. The van der Waals surface area contributed by atoms with E-state index in [0.29, 0.717) is 29.4 Å². The molecule has 4 rings (SSSR count). The van der Waals surface area contributed by atoms with Crippen LogP contribution in [0.4, 0.5) is 16.2 Å².